The van der Waals surface area contributed by atoms with Crippen molar-refractivity contribution in [3.05, 3.63) is 0 Å². The first-order valence-corrected chi connectivity index (χ1v) is 26.9. The van der Waals surface area contributed by atoms with Gasteiger partial charge in [-0.2, -0.15) is 0 Å². The molecule has 0 spiro atoms. The van der Waals surface area contributed by atoms with Crippen LogP contribution in [0.5, 0.6) is 0 Å². The molecule has 3 amide bonds. The Bertz CT molecular complexity index is 1650. The molecule has 0 aliphatic carbocycles. The van der Waals surface area contributed by atoms with Gasteiger partial charge in [-0.15, -0.1) is 0 Å². The topological polar surface area (TPSA) is 463 Å². The number of nitrogens with one attached hydrogen (secondary N) is 3. The predicted molar refractivity (Wildman–Crippen MR) is 268 cm³/mol. The van der Waals surface area contributed by atoms with Crippen LogP contribution in [0.4, 0.5) is 0 Å². The Morgan fingerprint density at radius 2 is 0.910 bits per heavy atom. The lowest BCUT2D eigenvalue weighted by molar-refractivity contribution is -0.301. The molecule has 0 aromatic heterocycles. The number of ketones is 3. The standard InChI is InChI=1S/C50H88N4O24/c1-28(58)31(9-2-4-18-51)54-37(63)11-10-30(60)24-50(15-12-29(59)8-3-5-21-73-47-44(70)41(67)38(64)32(25-55)76-47,16-13-35(61)52-19-6-22-74-48-45(71)42(68)39(65)33(26-56)77-48)17-14-36(62)53-20-7-23-75-49-46(72)43(69)40(66)34(27-57)78-49/h31-34,38-49,55-57,64-72H,2-27,51H2,1H3,(H,52,61)(H,53,62)(H,54,63)/t31-,32+,33+,34+,38+,39+,40+,41-,42-,43-,44-,45-,46-,47-,48-,49-/m0/s1. The zero-order valence-electron chi connectivity index (χ0n) is 44.5. The van der Waals surface area contributed by atoms with Crippen molar-refractivity contribution in [3.8, 4) is 0 Å². The van der Waals surface area contributed by atoms with Crippen LogP contribution in [0.15, 0.2) is 0 Å². The molecule has 3 aliphatic heterocycles. The Morgan fingerprint density at radius 1 is 0.487 bits per heavy atom. The summed E-state index contributed by atoms with van der Waals surface area (Å²) in [5.74, 6) is -2.41. The maximum absolute atomic E-state index is 14.0. The highest BCUT2D eigenvalue weighted by Gasteiger charge is 2.46. The van der Waals surface area contributed by atoms with Crippen LogP contribution in [0.25, 0.3) is 0 Å². The summed E-state index contributed by atoms with van der Waals surface area (Å²) in [5.41, 5.74) is 4.41. The van der Waals surface area contributed by atoms with E-state index in [1.807, 2.05) is 0 Å². The van der Waals surface area contributed by atoms with Gasteiger partial charge >= 0.3 is 0 Å². The molecule has 3 fully saturated rings. The SMILES string of the molecule is CC(=O)[C@H](CCCCN)NC(=O)CCC(=O)CC(CCC(=O)CCCCO[C@H]1O[C@H](CO)[C@@H](O)[C@H](O)[C@@H]1O)(CCC(=O)NCCCO[C@H]1O[C@H](CO)[C@@H](O)[C@H](O)[C@@H]1O)CCC(=O)NCCCO[C@H]1O[C@H](CO)[C@@H](O)[C@H](O)[C@@H]1O. The number of carbonyl (C=O) groups is 6. The Labute approximate surface area is 453 Å². The van der Waals surface area contributed by atoms with E-state index >= 15 is 0 Å². The summed E-state index contributed by atoms with van der Waals surface area (Å²) >= 11 is 0. The van der Waals surface area contributed by atoms with Gasteiger partial charge in [-0.05, 0) is 83.1 Å². The van der Waals surface area contributed by atoms with Crippen molar-refractivity contribution in [1.29, 1.82) is 0 Å². The predicted octanol–water partition coefficient (Wildman–Crippen LogP) is -5.54. The molecule has 28 heteroatoms. The Morgan fingerprint density at radius 3 is 1.32 bits per heavy atom. The van der Waals surface area contributed by atoms with Gasteiger partial charge < -0.3 is 111 Å². The van der Waals surface area contributed by atoms with E-state index in [4.69, 9.17) is 34.2 Å². The average molecular weight is 1130 g/mol. The monoisotopic (exact) mass is 1130 g/mol. The first kappa shape index (κ1) is 68.9. The highest BCUT2D eigenvalue weighted by molar-refractivity contribution is 5.90. The summed E-state index contributed by atoms with van der Waals surface area (Å²) in [6.45, 7) is -0.329. The molecule has 0 bridgehead atoms. The van der Waals surface area contributed by atoms with Crippen molar-refractivity contribution in [2.75, 3.05) is 59.3 Å². The van der Waals surface area contributed by atoms with Gasteiger partial charge in [0.25, 0.3) is 0 Å². The van der Waals surface area contributed by atoms with E-state index in [0.29, 0.717) is 25.8 Å². The van der Waals surface area contributed by atoms with Crippen molar-refractivity contribution in [3.63, 3.8) is 0 Å². The fourth-order valence-corrected chi connectivity index (χ4v) is 9.24. The molecule has 0 aromatic rings. The highest BCUT2D eigenvalue weighted by atomic mass is 16.7. The maximum atomic E-state index is 14.0. The summed E-state index contributed by atoms with van der Waals surface area (Å²) in [5, 5.41) is 128. The number of ether oxygens (including phenoxy) is 6. The Kier molecular flexibility index (Phi) is 32.0. The average Bonchev–Trinajstić information content (AvgIpc) is 3.42. The summed E-state index contributed by atoms with van der Waals surface area (Å²) < 4.78 is 32.6. The minimum Gasteiger partial charge on any atom is -0.394 e. The van der Waals surface area contributed by atoms with Gasteiger partial charge in [0, 0.05) is 64.6 Å². The van der Waals surface area contributed by atoms with Crippen LogP contribution >= 0.6 is 0 Å². The number of aliphatic hydroxyl groups excluding tert-OH is 12. The number of rotatable bonds is 39. The molecule has 3 aliphatic rings. The summed E-state index contributed by atoms with van der Waals surface area (Å²) in [6, 6.07) is -0.779. The first-order chi connectivity index (χ1) is 37.1. The molecule has 3 rings (SSSR count). The van der Waals surface area contributed by atoms with Gasteiger partial charge in [0.05, 0.1) is 39.1 Å². The summed E-state index contributed by atoms with van der Waals surface area (Å²) in [6.07, 6.45) is -20.9. The molecular formula is C50H88N4O24. The van der Waals surface area contributed by atoms with Gasteiger partial charge in [-0.3, -0.25) is 28.8 Å². The molecule has 0 saturated carbocycles. The molecule has 0 radical (unpaired) electrons. The third-order valence-electron chi connectivity index (χ3n) is 14.2. The lowest BCUT2D eigenvalue weighted by Crippen LogP contribution is -2.59. The fourth-order valence-electron chi connectivity index (χ4n) is 9.24. The number of hydrogen-bond donors (Lipinski definition) is 16. The largest absolute Gasteiger partial charge is 0.394 e. The lowest BCUT2D eigenvalue weighted by atomic mass is 9.70. The number of Topliss-reactive ketones (excluding diaryl/α,β-unsaturated/α-hetero) is 3. The van der Waals surface area contributed by atoms with Crippen LogP contribution in [0.3, 0.4) is 0 Å². The minimum absolute atomic E-state index is 0.00781. The van der Waals surface area contributed by atoms with Crippen LogP contribution < -0.4 is 21.7 Å². The van der Waals surface area contributed by atoms with Crippen molar-refractivity contribution in [2.45, 2.75) is 214 Å². The van der Waals surface area contributed by atoms with E-state index < -0.39 is 147 Å². The molecule has 3 heterocycles. The molecule has 0 aromatic carbocycles. The molecule has 452 valence electrons. The molecule has 0 unspecified atom stereocenters. The van der Waals surface area contributed by atoms with Crippen molar-refractivity contribution >= 4 is 35.1 Å². The van der Waals surface area contributed by atoms with Crippen LogP contribution in [-0.4, -0.2) is 254 Å². The second kappa shape index (κ2) is 36.2. The molecular weight excluding hydrogens is 1040 g/mol. The van der Waals surface area contributed by atoms with Crippen molar-refractivity contribution in [2.24, 2.45) is 11.1 Å². The van der Waals surface area contributed by atoms with E-state index in [-0.39, 0.29) is 134 Å². The van der Waals surface area contributed by atoms with Gasteiger partial charge in [-0.25, -0.2) is 0 Å². The Hall–Kier alpha value is -3.34. The maximum Gasteiger partial charge on any atom is 0.221 e. The molecule has 17 N–H and O–H groups in total. The van der Waals surface area contributed by atoms with Gasteiger partial charge in [-0.1, -0.05) is 0 Å². The number of carbonyl (C=O) groups excluding carboxylic acids is 6. The number of amides is 3. The van der Waals surface area contributed by atoms with Crippen molar-refractivity contribution in [1.82, 2.24) is 16.0 Å². The third-order valence-corrected chi connectivity index (χ3v) is 14.2. The lowest BCUT2D eigenvalue weighted by Gasteiger charge is -2.39. The molecule has 16 atom stereocenters. The van der Waals surface area contributed by atoms with Crippen LogP contribution in [-0.2, 0) is 57.2 Å². The van der Waals surface area contributed by atoms with E-state index in [1.165, 1.54) is 6.92 Å². The van der Waals surface area contributed by atoms with E-state index in [9.17, 15) is 90.0 Å². The number of nitrogens with two attached hydrogens (primary N) is 1. The molecule has 28 nitrogen and oxygen atoms in total. The minimum atomic E-state index is -1.65. The quantitative estimate of drug-likeness (QED) is 0.0255. The molecule has 78 heavy (non-hydrogen) atoms. The highest BCUT2D eigenvalue weighted by Crippen LogP contribution is 2.40. The smallest absolute Gasteiger partial charge is 0.221 e. The van der Waals surface area contributed by atoms with Crippen LogP contribution in [0.1, 0.15) is 116 Å². The summed E-state index contributed by atoms with van der Waals surface area (Å²) in [7, 11) is 0. The molecule has 3 saturated heterocycles. The van der Waals surface area contributed by atoms with Crippen LogP contribution in [0.2, 0.25) is 0 Å². The zero-order chi connectivity index (χ0) is 58.0. The number of hydrogen-bond acceptors (Lipinski definition) is 25. The van der Waals surface area contributed by atoms with E-state index in [1.54, 1.807) is 0 Å². The van der Waals surface area contributed by atoms with Gasteiger partial charge in [0.2, 0.25) is 17.7 Å². The van der Waals surface area contributed by atoms with Crippen molar-refractivity contribution < 1.29 is 118 Å². The fraction of sp³-hybridized carbons (Fsp3) is 0.880. The number of aliphatic hydroxyl groups is 12. The van der Waals surface area contributed by atoms with Gasteiger partial charge in [0.15, 0.2) is 24.7 Å². The van der Waals surface area contributed by atoms with Gasteiger partial charge in [0.1, 0.15) is 84.8 Å². The summed E-state index contributed by atoms with van der Waals surface area (Å²) in [4.78, 5) is 79.7. The normalized spacial score (nSPS) is 29.8. The first-order valence-electron chi connectivity index (χ1n) is 26.9. The second-order valence-corrected chi connectivity index (χ2v) is 20.3. The van der Waals surface area contributed by atoms with Crippen LogP contribution in [0, 0.1) is 5.41 Å². The van der Waals surface area contributed by atoms with E-state index in [0.717, 1.165) is 0 Å². The zero-order valence-corrected chi connectivity index (χ0v) is 44.5. The Balaban J connectivity index is 1.72. The number of unbranched alkanes of at least 4 members (excludes halogenated alkanes) is 2. The third kappa shape index (κ3) is 22.9. The second-order valence-electron chi connectivity index (χ2n) is 20.3. The van der Waals surface area contributed by atoms with E-state index in [2.05, 4.69) is 16.0 Å².